The summed E-state index contributed by atoms with van der Waals surface area (Å²) >= 11 is 0. The van der Waals surface area contributed by atoms with Gasteiger partial charge in [-0.3, -0.25) is 0 Å². The Morgan fingerprint density at radius 3 is 2.41 bits per heavy atom. The number of fused-ring (bicyclic) bond motifs is 3. The SMILES string of the molecule is C=C(C)C(O)[C@H]1C[C@@H]([C@@H]2CC[C@]34C[C@]23CC[C@@H]2[C@@]3(C)CC[C@@H](OCC=C(C)C)C(C)(C)[C@@H]3C[C@@H](O)[C@]24C)[C@H](OC)O1. The first-order valence-electron chi connectivity index (χ1n) is 16.6. The third-order valence-electron chi connectivity index (χ3n) is 14.6. The van der Waals surface area contributed by atoms with Crippen molar-refractivity contribution in [2.75, 3.05) is 13.7 Å². The molecule has 0 amide bonds. The van der Waals surface area contributed by atoms with Crippen LogP contribution in [0.4, 0.5) is 0 Å². The Balaban J connectivity index is 1.26. The quantitative estimate of drug-likeness (QED) is 0.321. The van der Waals surface area contributed by atoms with Crippen LogP contribution >= 0.6 is 0 Å². The highest BCUT2D eigenvalue weighted by molar-refractivity contribution is 5.33. The van der Waals surface area contributed by atoms with E-state index in [0.29, 0.717) is 30.3 Å². The molecule has 6 fully saturated rings. The van der Waals surface area contributed by atoms with Gasteiger partial charge in [0.2, 0.25) is 0 Å². The summed E-state index contributed by atoms with van der Waals surface area (Å²) in [6.07, 6.45) is 11.1. The standard InChI is InChI=1S/C36H58O5/c1-21(2)13-17-40-29-12-14-33(7)26-11-15-35-20-36(35,34(26,8)28(37)19-27(33)32(29,5)6)16-10-24(35)23-18-25(30(38)22(3)4)41-31(23)39-9/h13,23-31,37-38H,3,10-12,14-20H2,1-2,4-9H3/t23-,24-,25+,26+,27-,28+,29+,30?,31+,33+,34-,35+,36+/m0/s1. The van der Waals surface area contributed by atoms with Crippen molar-refractivity contribution in [1.29, 1.82) is 0 Å². The van der Waals surface area contributed by atoms with Gasteiger partial charge in [-0.15, -0.1) is 0 Å². The Morgan fingerprint density at radius 2 is 1.76 bits per heavy atom. The lowest BCUT2D eigenvalue weighted by Gasteiger charge is -2.68. The molecule has 0 bridgehead atoms. The van der Waals surface area contributed by atoms with Gasteiger partial charge >= 0.3 is 0 Å². The van der Waals surface area contributed by atoms with Gasteiger partial charge in [0.15, 0.2) is 6.29 Å². The summed E-state index contributed by atoms with van der Waals surface area (Å²) in [6, 6.07) is 0. The molecule has 5 aliphatic carbocycles. The van der Waals surface area contributed by atoms with E-state index in [1.54, 1.807) is 7.11 Å². The monoisotopic (exact) mass is 570 g/mol. The van der Waals surface area contributed by atoms with Gasteiger partial charge in [-0.25, -0.2) is 0 Å². The van der Waals surface area contributed by atoms with Gasteiger partial charge in [0.1, 0.15) is 6.10 Å². The Hall–Kier alpha value is -0.720. The zero-order chi connectivity index (χ0) is 29.8. The molecule has 5 saturated carbocycles. The predicted molar refractivity (Wildman–Crippen MR) is 162 cm³/mol. The second-order valence-corrected chi connectivity index (χ2v) is 16.7. The molecule has 41 heavy (non-hydrogen) atoms. The largest absolute Gasteiger partial charge is 0.393 e. The Labute approximate surface area is 249 Å². The summed E-state index contributed by atoms with van der Waals surface area (Å²) in [5, 5.41) is 23.1. The molecule has 0 aromatic carbocycles. The van der Waals surface area contributed by atoms with E-state index in [9.17, 15) is 10.2 Å². The van der Waals surface area contributed by atoms with Crippen molar-refractivity contribution in [2.24, 2.45) is 50.7 Å². The number of hydrogen-bond donors (Lipinski definition) is 2. The van der Waals surface area contributed by atoms with Crippen LogP contribution in [-0.4, -0.2) is 54.6 Å². The maximum absolute atomic E-state index is 12.3. The van der Waals surface area contributed by atoms with Crippen molar-refractivity contribution < 1.29 is 24.4 Å². The summed E-state index contributed by atoms with van der Waals surface area (Å²) in [6.45, 7) is 20.8. The summed E-state index contributed by atoms with van der Waals surface area (Å²) in [4.78, 5) is 0. The van der Waals surface area contributed by atoms with E-state index < -0.39 is 6.10 Å². The van der Waals surface area contributed by atoms with E-state index in [1.165, 1.54) is 44.1 Å². The second kappa shape index (κ2) is 9.89. The summed E-state index contributed by atoms with van der Waals surface area (Å²) in [5.74, 6) is 1.81. The normalized spacial score (nSPS) is 52.0. The van der Waals surface area contributed by atoms with Crippen molar-refractivity contribution in [3.8, 4) is 0 Å². The van der Waals surface area contributed by atoms with E-state index in [-0.39, 0.29) is 51.7 Å². The molecule has 1 unspecified atom stereocenters. The van der Waals surface area contributed by atoms with Crippen LogP contribution in [0.1, 0.15) is 106 Å². The Kier molecular flexibility index (Phi) is 7.31. The minimum Gasteiger partial charge on any atom is -0.393 e. The highest BCUT2D eigenvalue weighted by Gasteiger charge is 2.85. The van der Waals surface area contributed by atoms with Crippen molar-refractivity contribution in [3.05, 3.63) is 23.8 Å². The van der Waals surface area contributed by atoms with Crippen LogP contribution in [-0.2, 0) is 14.2 Å². The fourth-order valence-corrected chi connectivity index (χ4v) is 12.7. The maximum Gasteiger partial charge on any atom is 0.160 e. The molecule has 5 heteroatoms. The first kappa shape index (κ1) is 30.3. The number of ether oxygens (including phenoxy) is 3. The maximum atomic E-state index is 12.3. The lowest BCUT2D eigenvalue weighted by atomic mass is 9.37. The van der Waals surface area contributed by atoms with Gasteiger partial charge in [-0.1, -0.05) is 45.9 Å². The fraction of sp³-hybridized carbons (Fsp3) is 0.889. The number of aliphatic hydroxyl groups is 2. The second-order valence-electron chi connectivity index (χ2n) is 16.7. The number of methoxy groups -OCH3 is 1. The van der Waals surface area contributed by atoms with Crippen LogP contribution in [0, 0.1) is 50.7 Å². The van der Waals surface area contributed by atoms with E-state index in [4.69, 9.17) is 14.2 Å². The average Bonchev–Trinajstić information content (AvgIpc) is 3.23. The lowest BCUT2D eigenvalue weighted by Crippen LogP contribution is -2.66. The van der Waals surface area contributed by atoms with Crippen LogP contribution < -0.4 is 0 Å². The van der Waals surface area contributed by atoms with Gasteiger partial charge in [0.05, 0.1) is 24.9 Å². The van der Waals surface area contributed by atoms with Gasteiger partial charge in [-0.05, 0) is 124 Å². The van der Waals surface area contributed by atoms with Crippen molar-refractivity contribution in [3.63, 3.8) is 0 Å². The van der Waals surface area contributed by atoms with Crippen molar-refractivity contribution in [2.45, 2.75) is 137 Å². The van der Waals surface area contributed by atoms with Gasteiger partial charge in [0.25, 0.3) is 0 Å². The average molecular weight is 571 g/mol. The lowest BCUT2D eigenvalue weighted by molar-refractivity contribution is -0.247. The predicted octanol–water partition coefficient (Wildman–Crippen LogP) is 7.06. The Morgan fingerprint density at radius 1 is 1.02 bits per heavy atom. The minimum absolute atomic E-state index is 0.0325. The van der Waals surface area contributed by atoms with Crippen LogP contribution in [0.25, 0.3) is 0 Å². The zero-order valence-electron chi connectivity index (χ0n) is 27.2. The molecular formula is C36H58O5. The first-order chi connectivity index (χ1) is 19.2. The first-order valence-corrected chi connectivity index (χ1v) is 16.6. The highest BCUT2D eigenvalue weighted by atomic mass is 16.7. The molecule has 0 aromatic rings. The third kappa shape index (κ3) is 3.97. The van der Waals surface area contributed by atoms with E-state index in [0.717, 1.165) is 24.8 Å². The van der Waals surface area contributed by atoms with Gasteiger partial charge in [0, 0.05) is 18.4 Å². The molecule has 1 heterocycles. The van der Waals surface area contributed by atoms with Crippen LogP contribution in [0.5, 0.6) is 0 Å². The molecule has 0 aromatic heterocycles. The molecule has 6 aliphatic rings. The molecule has 0 spiro atoms. The van der Waals surface area contributed by atoms with Crippen LogP contribution in [0.2, 0.25) is 0 Å². The van der Waals surface area contributed by atoms with E-state index in [2.05, 4.69) is 54.2 Å². The fourth-order valence-electron chi connectivity index (χ4n) is 12.7. The molecule has 13 atom stereocenters. The minimum atomic E-state index is -0.643. The molecule has 5 nitrogen and oxygen atoms in total. The molecule has 1 aliphatic heterocycles. The molecule has 1 saturated heterocycles. The van der Waals surface area contributed by atoms with Gasteiger partial charge in [-0.2, -0.15) is 0 Å². The van der Waals surface area contributed by atoms with Gasteiger partial charge < -0.3 is 24.4 Å². The topological polar surface area (TPSA) is 68.2 Å². The molecule has 232 valence electrons. The van der Waals surface area contributed by atoms with Crippen LogP contribution in [0.15, 0.2) is 23.8 Å². The number of rotatable bonds is 7. The summed E-state index contributed by atoms with van der Waals surface area (Å²) < 4.78 is 18.8. The molecule has 6 rings (SSSR count). The van der Waals surface area contributed by atoms with Crippen LogP contribution in [0.3, 0.4) is 0 Å². The number of hydrogen-bond acceptors (Lipinski definition) is 5. The molecule has 0 radical (unpaired) electrons. The highest BCUT2D eigenvalue weighted by Crippen LogP contribution is 2.91. The number of aliphatic hydroxyl groups excluding tert-OH is 2. The van der Waals surface area contributed by atoms with E-state index >= 15 is 0 Å². The third-order valence-corrected chi connectivity index (χ3v) is 14.6. The smallest absolute Gasteiger partial charge is 0.160 e. The zero-order valence-corrected chi connectivity index (χ0v) is 27.2. The molecular weight excluding hydrogens is 512 g/mol. The summed E-state index contributed by atoms with van der Waals surface area (Å²) in [5.41, 5.74) is 2.75. The Bertz CT molecular complexity index is 1080. The van der Waals surface area contributed by atoms with Crippen molar-refractivity contribution in [1.82, 2.24) is 0 Å². The summed E-state index contributed by atoms with van der Waals surface area (Å²) in [7, 11) is 1.76. The van der Waals surface area contributed by atoms with E-state index in [1.807, 2.05) is 6.92 Å². The molecule has 2 N–H and O–H groups in total. The van der Waals surface area contributed by atoms with Crippen molar-refractivity contribution >= 4 is 0 Å². The number of allylic oxidation sites excluding steroid dienone is 1.